The minimum atomic E-state index is -0.160. The molecule has 1 unspecified atom stereocenters. The minimum absolute atomic E-state index is 0.0202. The van der Waals surface area contributed by atoms with Gasteiger partial charge in [-0.05, 0) is 32.2 Å². The normalized spacial score (nSPS) is 27.4. The lowest BCUT2D eigenvalue weighted by molar-refractivity contribution is -0.125. The summed E-state index contributed by atoms with van der Waals surface area (Å²) >= 11 is 0. The molecule has 0 aliphatic heterocycles. The Kier molecular flexibility index (Phi) is 5.77. The van der Waals surface area contributed by atoms with E-state index in [9.17, 15) is 9.90 Å². The van der Waals surface area contributed by atoms with Crippen LogP contribution in [0.1, 0.15) is 39.5 Å². The van der Waals surface area contributed by atoms with Gasteiger partial charge in [0.25, 0.3) is 0 Å². The Morgan fingerprint density at radius 1 is 1.38 bits per heavy atom. The van der Waals surface area contributed by atoms with Gasteiger partial charge >= 0.3 is 0 Å². The number of aliphatic hydroxyl groups is 1. The Morgan fingerprint density at radius 2 is 2.00 bits per heavy atom. The topological polar surface area (TPSA) is 61.4 Å². The SMILES string of the molecule is CCNCC(C)C(=O)NC1CCC(O)CC1. The van der Waals surface area contributed by atoms with Crippen molar-refractivity contribution in [3.63, 3.8) is 0 Å². The van der Waals surface area contributed by atoms with Crippen LogP contribution in [0.5, 0.6) is 0 Å². The molecule has 1 atom stereocenters. The van der Waals surface area contributed by atoms with Gasteiger partial charge in [-0.2, -0.15) is 0 Å². The Hall–Kier alpha value is -0.610. The summed E-state index contributed by atoms with van der Waals surface area (Å²) in [4.78, 5) is 11.8. The van der Waals surface area contributed by atoms with Crippen LogP contribution in [0.25, 0.3) is 0 Å². The van der Waals surface area contributed by atoms with Crippen LogP contribution in [-0.4, -0.2) is 36.2 Å². The zero-order valence-electron chi connectivity index (χ0n) is 10.3. The molecule has 0 aromatic carbocycles. The Morgan fingerprint density at radius 3 is 2.56 bits per heavy atom. The monoisotopic (exact) mass is 228 g/mol. The first-order valence-electron chi connectivity index (χ1n) is 6.32. The number of nitrogens with one attached hydrogen (secondary N) is 2. The molecule has 1 aliphatic carbocycles. The van der Waals surface area contributed by atoms with E-state index in [4.69, 9.17) is 0 Å². The maximum atomic E-state index is 11.8. The third-order valence-electron chi connectivity index (χ3n) is 3.19. The van der Waals surface area contributed by atoms with Crippen LogP contribution in [0.3, 0.4) is 0 Å². The van der Waals surface area contributed by atoms with Crippen LogP contribution >= 0.6 is 0 Å². The number of rotatable bonds is 5. The molecule has 16 heavy (non-hydrogen) atoms. The van der Waals surface area contributed by atoms with Crippen molar-refractivity contribution in [3.05, 3.63) is 0 Å². The van der Waals surface area contributed by atoms with Gasteiger partial charge in [0.1, 0.15) is 0 Å². The molecule has 3 N–H and O–H groups in total. The van der Waals surface area contributed by atoms with E-state index < -0.39 is 0 Å². The fraction of sp³-hybridized carbons (Fsp3) is 0.917. The van der Waals surface area contributed by atoms with Gasteiger partial charge in [-0.15, -0.1) is 0 Å². The molecule has 1 amide bonds. The van der Waals surface area contributed by atoms with E-state index in [1.165, 1.54) is 0 Å². The number of hydrogen-bond donors (Lipinski definition) is 3. The third kappa shape index (κ3) is 4.49. The molecule has 0 aromatic heterocycles. The lowest BCUT2D eigenvalue weighted by atomic mass is 9.93. The Labute approximate surface area is 97.8 Å². The smallest absolute Gasteiger partial charge is 0.224 e. The average molecular weight is 228 g/mol. The number of carbonyl (C=O) groups is 1. The zero-order valence-corrected chi connectivity index (χ0v) is 10.3. The highest BCUT2D eigenvalue weighted by atomic mass is 16.3. The first kappa shape index (κ1) is 13.5. The molecule has 1 saturated carbocycles. The van der Waals surface area contributed by atoms with Crippen LogP contribution in [-0.2, 0) is 4.79 Å². The summed E-state index contributed by atoms with van der Waals surface area (Å²) in [5.74, 6) is 0.147. The quantitative estimate of drug-likeness (QED) is 0.647. The van der Waals surface area contributed by atoms with E-state index >= 15 is 0 Å². The fourth-order valence-corrected chi connectivity index (χ4v) is 2.02. The van der Waals surface area contributed by atoms with Crippen LogP contribution in [0, 0.1) is 5.92 Å². The van der Waals surface area contributed by atoms with Gasteiger partial charge in [0, 0.05) is 18.5 Å². The molecule has 1 aliphatic rings. The standard InChI is InChI=1S/C12H24N2O2/c1-3-13-8-9(2)12(16)14-10-4-6-11(15)7-5-10/h9-11,13,15H,3-8H2,1-2H3,(H,14,16). The van der Waals surface area contributed by atoms with Crippen molar-refractivity contribution in [1.82, 2.24) is 10.6 Å². The summed E-state index contributed by atoms with van der Waals surface area (Å²) < 4.78 is 0. The van der Waals surface area contributed by atoms with E-state index in [0.717, 1.165) is 38.8 Å². The maximum absolute atomic E-state index is 11.8. The van der Waals surface area contributed by atoms with Gasteiger partial charge in [0.2, 0.25) is 5.91 Å². The summed E-state index contributed by atoms with van der Waals surface area (Å²) in [7, 11) is 0. The number of aliphatic hydroxyl groups excluding tert-OH is 1. The molecule has 94 valence electrons. The molecule has 0 heterocycles. The fourth-order valence-electron chi connectivity index (χ4n) is 2.02. The number of carbonyl (C=O) groups excluding carboxylic acids is 1. The predicted octanol–water partition coefficient (Wildman–Crippen LogP) is 0.652. The molecular formula is C12H24N2O2. The van der Waals surface area contributed by atoms with Gasteiger partial charge in [0.15, 0.2) is 0 Å². The van der Waals surface area contributed by atoms with E-state index in [2.05, 4.69) is 10.6 Å². The van der Waals surface area contributed by atoms with Crippen LogP contribution in [0.2, 0.25) is 0 Å². The lowest BCUT2D eigenvalue weighted by Crippen LogP contribution is -2.43. The van der Waals surface area contributed by atoms with Gasteiger partial charge in [0.05, 0.1) is 6.10 Å². The Bertz CT molecular complexity index is 213. The van der Waals surface area contributed by atoms with Crippen molar-refractivity contribution in [2.24, 2.45) is 5.92 Å². The molecule has 0 spiro atoms. The predicted molar refractivity (Wildman–Crippen MR) is 64.1 cm³/mol. The second-order valence-electron chi connectivity index (χ2n) is 4.72. The number of amides is 1. The maximum Gasteiger partial charge on any atom is 0.224 e. The molecule has 4 heteroatoms. The van der Waals surface area contributed by atoms with Gasteiger partial charge in [-0.25, -0.2) is 0 Å². The number of hydrogen-bond acceptors (Lipinski definition) is 3. The van der Waals surface area contributed by atoms with E-state index in [0.29, 0.717) is 0 Å². The van der Waals surface area contributed by atoms with Gasteiger partial charge < -0.3 is 15.7 Å². The second kappa shape index (κ2) is 6.86. The minimum Gasteiger partial charge on any atom is -0.393 e. The highest BCUT2D eigenvalue weighted by Crippen LogP contribution is 2.18. The van der Waals surface area contributed by atoms with Crippen molar-refractivity contribution >= 4 is 5.91 Å². The Balaban J connectivity index is 2.22. The lowest BCUT2D eigenvalue weighted by Gasteiger charge is -2.27. The van der Waals surface area contributed by atoms with Crippen LogP contribution in [0.15, 0.2) is 0 Å². The largest absolute Gasteiger partial charge is 0.393 e. The van der Waals surface area contributed by atoms with Crippen molar-refractivity contribution in [3.8, 4) is 0 Å². The second-order valence-corrected chi connectivity index (χ2v) is 4.72. The van der Waals surface area contributed by atoms with Gasteiger partial charge in [-0.1, -0.05) is 13.8 Å². The zero-order chi connectivity index (χ0) is 12.0. The van der Waals surface area contributed by atoms with E-state index in [-0.39, 0.29) is 24.0 Å². The molecule has 0 saturated heterocycles. The summed E-state index contributed by atoms with van der Waals surface area (Å²) in [5, 5.41) is 15.6. The molecule has 0 bridgehead atoms. The molecule has 0 radical (unpaired) electrons. The van der Waals surface area contributed by atoms with Gasteiger partial charge in [-0.3, -0.25) is 4.79 Å². The molecule has 1 rings (SSSR count). The van der Waals surface area contributed by atoms with Crippen molar-refractivity contribution in [2.75, 3.05) is 13.1 Å². The van der Waals surface area contributed by atoms with Crippen LogP contribution < -0.4 is 10.6 Å². The highest BCUT2D eigenvalue weighted by molar-refractivity contribution is 5.78. The average Bonchev–Trinajstić information content (AvgIpc) is 2.29. The summed E-state index contributed by atoms with van der Waals surface area (Å²) in [5.41, 5.74) is 0. The van der Waals surface area contributed by atoms with Crippen LogP contribution in [0.4, 0.5) is 0 Å². The highest BCUT2D eigenvalue weighted by Gasteiger charge is 2.22. The van der Waals surface area contributed by atoms with Crippen molar-refractivity contribution in [1.29, 1.82) is 0 Å². The molecule has 1 fully saturated rings. The molecular weight excluding hydrogens is 204 g/mol. The first-order valence-corrected chi connectivity index (χ1v) is 6.32. The van der Waals surface area contributed by atoms with Crippen molar-refractivity contribution in [2.45, 2.75) is 51.7 Å². The first-order chi connectivity index (χ1) is 7.63. The van der Waals surface area contributed by atoms with E-state index in [1.807, 2.05) is 13.8 Å². The molecule has 0 aromatic rings. The summed E-state index contributed by atoms with van der Waals surface area (Å²) in [6.07, 6.45) is 3.27. The molecule has 4 nitrogen and oxygen atoms in total. The van der Waals surface area contributed by atoms with E-state index in [1.54, 1.807) is 0 Å². The summed E-state index contributed by atoms with van der Waals surface area (Å²) in [6, 6.07) is 0.264. The summed E-state index contributed by atoms with van der Waals surface area (Å²) in [6.45, 7) is 5.60. The van der Waals surface area contributed by atoms with Crippen molar-refractivity contribution < 1.29 is 9.90 Å². The third-order valence-corrected chi connectivity index (χ3v) is 3.19.